The molecule has 0 radical (unpaired) electrons. The molecule has 1 heterocycles. The smallest absolute Gasteiger partial charge is 0.338 e. The van der Waals surface area contributed by atoms with Gasteiger partial charge in [-0.3, -0.25) is 0 Å². The van der Waals surface area contributed by atoms with E-state index in [1.54, 1.807) is 6.07 Å². The topological polar surface area (TPSA) is 68.5 Å². The second-order valence-electron chi connectivity index (χ2n) is 7.52. The van der Waals surface area contributed by atoms with Crippen LogP contribution in [0.2, 0.25) is 0 Å². The molecule has 0 amide bonds. The Balaban J connectivity index is 2.17. The third-order valence-electron chi connectivity index (χ3n) is 5.30. The summed E-state index contributed by atoms with van der Waals surface area (Å²) in [5.41, 5.74) is 11.7. The molecule has 30 heavy (non-hydrogen) atoms. The number of nitrogens with two attached hydrogens (primary N) is 1. The van der Waals surface area contributed by atoms with Crippen molar-refractivity contribution in [1.82, 2.24) is 4.58 Å². The molecule has 0 atom stereocenters. The van der Waals surface area contributed by atoms with Gasteiger partial charge in [0.25, 0.3) is 0 Å². The number of rotatable bonds is 3. The van der Waals surface area contributed by atoms with Crippen molar-refractivity contribution in [3.63, 3.8) is 0 Å². The van der Waals surface area contributed by atoms with Gasteiger partial charge in [-0.05, 0) is 43.2 Å². The van der Waals surface area contributed by atoms with Gasteiger partial charge in [0.05, 0.1) is 18.2 Å². The van der Waals surface area contributed by atoms with Crippen LogP contribution in [0.1, 0.15) is 22.8 Å². The van der Waals surface area contributed by atoms with Gasteiger partial charge in [-0.2, -0.15) is 0 Å². The second kappa shape index (κ2) is 7.67. The molecule has 0 saturated carbocycles. The highest BCUT2D eigenvalue weighted by Crippen LogP contribution is 2.42. The Morgan fingerprint density at radius 2 is 1.83 bits per heavy atom. The van der Waals surface area contributed by atoms with Crippen molar-refractivity contribution in [2.45, 2.75) is 13.8 Å². The molecule has 0 aromatic heterocycles. The summed E-state index contributed by atoms with van der Waals surface area (Å²) >= 11 is 0. The first-order chi connectivity index (χ1) is 14.4. The number of hydrogen-bond donors (Lipinski definition) is 1. The van der Waals surface area contributed by atoms with Crippen molar-refractivity contribution in [2.75, 3.05) is 26.4 Å². The molecule has 0 bridgehead atoms. The van der Waals surface area contributed by atoms with Gasteiger partial charge < -0.3 is 14.9 Å². The third kappa shape index (κ3) is 3.32. The predicted octanol–water partition coefficient (Wildman–Crippen LogP) is 4.30. The first-order valence-corrected chi connectivity index (χ1v) is 9.94. The zero-order chi connectivity index (χ0) is 21.4. The number of carbonyl (C=O) groups excluding carboxylic acids is 1. The number of benzene rings is 3. The zero-order valence-corrected chi connectivity index (χ0v) is 17.7. The van der Waals surface area contributed by atoms with E-state index in [1.165, 1.54) is 0 Å². The van der Waals surface area contributed by atoms with Crippen LogP contribution in [0.4, 0.5) is 5.69 Å². The molecule has 152 valence electrons. The van der Waals surface area contributed by atoms with Crippen molar-refractivity contribution in [2.24, 2.45) is 0 Å². The summed E-state index contributed by atoms with van der Waals surface area (Å²) < 4.78 is 13.6. The van der Waals surface area contributed by atoms with Crippen molar-refractivity contribution in [3.05, 3.63) is 71.1 Å². The Kier molecular flexibility index (Phi) is 5.04. The Bertz CT molecular complexity index is 1310. The van der Waals surface area contributed by atoms with Crippen molar-refractivity contribution in [3.8, 4) is 22.5 Å². The number of nitrogens with zero attached hydrogens (tertiary/aromatic N) is 1. The van der Waals surface area contributed by atoms with Gasteiger partial charge in [0.2, 0.25) is 5.36 Å². The van der Waals surface area contributed by atoms with Crippen LogP contribution in [-0.4, -0.2) is 26.7 Å². The van der Waals surface area contributed by atoms with E-state index in [0.717, 1.165) is 38.8 Å². The second-order valence-corrected chi connectivity index (χ2v) is 7.52. The van der Waals surface area contributed by atoms with E-state index >= 15 is 0 Å². The fourth-order valence-electron chi connectivity index (χ4n) is 3.71. The summed E-state index contributed by atoms with van der Waals surface area (Å²) in [6.45, 7) is 4.09. The van der Waals surface area contributed by atoms with Crippen LogP contribution in [0.25, 0.3) is 33.4 Å². The Hall–Kier alpha value is -3.60. The lowest BCUT2D eigenvalue weighted by molar-refractivity contribution is 0.0527. The van der Waals surface area contributed by atoms with Crippen LogP contribution in [0, 0.1) is 6.92 Å². The molecule has 2 aliphatic rings. The first-order valence-electron chi connectivity index (χ1n) is 9.94. The number of aryl methyl sites for hydroxylation is 1. The Morgan fingerprint density at radius 1 is 1.07 bits per heavy atom. The van der Waals surface area contributed by atoms with E-state index in [2.05, 4.69) is 0 Å². The number of ether oxygens (including phenoxy) is 1. The maximum absolute atomic E-state index is 12.7. The molecule has 5 nitrogen and oxygen atoms in total. The minimum atomic E-state index is -0.340. The molecule has 0 saturated heterocycles. The van der Waals surface area contributed by atoms with Crippen LogP contribution in [-0.2, 0) is 4.74 Å². The van der Waals surface area contributed by atoms with Crippen LogP contribution in [0.3, 0.4) is 0 Å². The average molecular weight is 401 g/mol. The van der Waals surface area contributed by atoms with Crippen LogP contribution < -0.4 is 15.7 Å². The van der Waals surface area contributed by atoms with E-state index in [4.69, 9.17) is 14.9 Å². The van der Waals surface area contributed by atoms with Gasteiger partial charge >= 0.3 is 5.97 Å². The van der Waals surface area contributed by atoms with E-state index < -0.39 is 0 Å². The highest BCUT2D eigenvalue weighted by molar-refractivity contribution is 6.08. The SMILES string of the molecule is CCOC(=O)c1ccccc1-c1c2ccc(=[N+](C)C)cc-2oc2cc(N)c(C)cc12. The number of hydrogen-bond acceptors (Lipinski definition) is 4. The molecule has 2 N–H and O–H groups in total. The molecule has 1 aliphatic heterocycles. The Labute approximate surface area is 175 Å². The van der Waals surface area contributed by atoms with Gasteiger partial charge in [-0.15, -0.1) is 0 Å². The fourth-order valence-corrected chi connectivity index (χ4v) is 3.71. The molecular formula is C25H25N2O3+. The molecule has 0 fully saturated rings. The highest BCUT2D eigenvalue weighted by atomic mass is 16.5. The summed E-state index contributed by atoms with van der Waals surface area (Å²) in [6, 6.07) is 17.5. The summed E-state index contributed by atoms with van der Waals surface area (Å²) in [7, 11) is 3.97. The van der Waals surface area contributed by atoms with Gasteiger partial charge in [-0.25, -0.2) is 9.37 Å². The lowest BCUT2D eigenvalue weighted by Gasteiger charge is -2.18. The normalized spacial score (nSPS) is 11.1. The maximum Gasteiger partial charge on any atom is 0.338 e. The van der Waals surface area contributed by atoms with E-state index in [9.17, 15) is 4.79 Å². The maximum atomic E-state index is 12.7. The molecule has 2 aromatic rings. The van der Waals surface area contributed by atoms with Gasteiger partial charge in [0.15, 0.2) is 0 Å². The molecule has 2 aromatic carbocycles. The fraction of sp³-hybridized carbons (Fsp3) is 0.200. The van der Waals surface area contributed by atoms with E-state index in [0.29, 0.717) is 23.4 Å². The van der Waals surface area contributed by atoms with Crippen LogP contribution in [0.5, 0.6) is 0 Å². The monoisotopic (exact) mass is 401 g/mol. The number of esters is 1. The predicted molar refractivity (Wildman–Crippen MR) is 120 cm³/mol. The highest BCUT2D eigenvalue weighted by Gasteiger charge is 2.22. The van der Waals surface area contributed by atoms with Gasteiger partial charge in [-0.1, -0.05) is 18.2 Å². The molecular weight excluding hydrogens is 376 g/mol. The quantitative estimate of drug-likeness (QED) is 0.240. The van der Waals surface area contributed by atoms with Gasteiger partial charge in [0.1, 0.15) is 25.4 Å². The average Bonchev–Trinajstić information content (AvgIpc) is 2.73. The summed E-state index contributed by atoms with van der Waals surface area (Å²) in [5.74, 6) is 0.387. The minimum Gasteiger partial charge on any atom is -0.462 e. The first kappa shape index (κ1) is 19.7. The van der Waals surface area contributed by atoms with Crippen molar-refractivity contribution in [1.29, 1.82) is 0 Å². The van der Waals surface area contributed by atoms with Gasteiger partial charge in [0, 0.05) is 34.3 Å². The molecule has 0 spiro atoms. The molecule has 5 heteroatoms. The number of carbonyl (C=O) groups is 1. The summed E-state index contributed by atoms with van der Waals surface area (Å²) in [4.78, 5) is 12.7. The van der Waals surface area contributed by atoms with E-state index in [1.807, 2.05) is 81.0 Å². The number of fused-ring (bicyclic) bond motifs is 2. The molecule has 4 rings (SSSR count). The number of nitrogen functional groups attached to an aromatic ring is 1. The lowest BCUT2D eigenvalue weighted by atomic mass is 9.90. The largest absolute Gasteiger partial charge is 0.462 e. The lowest BCUT2D eigenvalue weighted by Crippen LogP contribution is -2.21. The Morgan fingerprint density at radius 3 is 2.57 bits per heavy atom. The zero-order valence-electron chi connectivity index (χ0n) is 17.7. The molecule has 0 unspecified atom stereocenters. The summed E-state index contributed by atoms with van der Waals surface area (Å²) in [5, 5.41) is 1.93. The third-order valence-corrected chi connectivity index (χ3v) is 5.30. The minimum absolute atomic E-state index is 0.320. The molecule has 1 aliphatic carbocycles. The summed E-state index contributed by atoms with van der Waals surface area (Å²) in [6.07, 6.45) is 0. The van der Waals surface area contributed by atoms with Crippen LogP contribution in [0.15, 0.2) is 59.0 Å². The standard InChI is InChI=1S/C25H24N2O3/c1-5-29-25(28)18-9-7-6-8-17(18)24-19-11-10-16(27(3)4)13-22(19)30-23-14-21(26)15(2)12-20(23)24/h6-14,26H,5H2,1-4H3/p+1. The van der Waals surface area contributed by atoms with E-state index in [-0.39, 0.29) is 5.97 Å². The van der Waals surface area contributed by atoms with Crippen LogP contribution >= 0.6 is 0 Å². The van der Waals surface area contributed by atoms with Crippen molar-refractivity contribution >= 4 is 22.6 Å². The number of anilines is 1. The van der Waals surface area contributed by atoms with Crippen molar-refractivity contribution < 1.29 is 13.9 Å².